The molecule has 5 nitrogen and oxygen atoms in total. The van der Waals surface area contributed by atoms with Gasteiger partial charge in [0.2, 0.25) is 5.91 Å². The molecule has 0 saturated carbocycles. The molecule has 2 heterocycles. The predicted molar refractivity (Wildman–Crippen MR) is 71.2 cm³/mol. The molecule has 2 N–H and O–H groups in total. The van der Waals surface area contributed by atoms with Gasteiger partial charge in [0.15, 0.2) is 0 Å². The molecule has 1 aliphatic rings. The highest BCUT2D eigenvalue weighted by Crippen LogP contribution is 2.19. The average molecular weight is 327 g/mol. The van der Waals surface area contributed by atoms with E-state index in [1.165, 1.54) is 0 Å². The van der Waals surface area contributed by atoms with E-state index in [-0.39, 0.29) is 25.3 Å². The molecule has 1 aromatic rings. The first-order valence-corrected chi connectivity index (χ1v) is 6.60. The summed E-state index contributed by atoms with van der Waals surface area (Å²) in [5.74, 6) is 0.00923. The Morgan fingerprint density at radius 1 is 1.68 bits per heavy atom. The summed E-state index contributed by atoms with van der Waals surface area (Å²) in [7, 11) is 0. The van der Waals surface area contributed by atoms with Gasteiger partial charge in [0.25, 0.3) is 0 Å². The zero-order chi connectivity index (χ0) is 13.8. The zero-order valence-electron chi connectivity index (χ0n) is 9.99. The van der Waals surface area contributed by atoms with Gasteiger partial charge in [0.1, 0.15) is 16.6 Å². The highest BCUT2D eigenvalue weighted by Gasteiger charge is 2.29. The van der Waals surface area contributed by atoms with Gasteiger partial charge in [-0.2, -0.15) is 5.26 Å². The number of alkyl halides is 1. The number of nitrogens with one attached hydrogen (secondary N) is 2. The van der Waals surface area contributed by atoms with Crippen molar-refractivity contribution >= 4 is 27.7 Å². The van der Waals surface area contributed by atoms with E-state index >= 15 is 0 Å². The molecule has 1 fully saturated rings. The molecule has 1 aromatic heterocycles. The van der Waals surface area contributed by atoms with Crippen molar-refractivity contribution in [2.45, 2.75) is 25.1 Å². The van der Waals surface area contributed by atoms with Gasteiger partial charge in [-0.3, -0.25) is 4.79 Å². The van der Waals surface area contributed by atoms with Gasteiger partial charge in [-0.15, -0.1) is 0 Å². The van der Waals surface area contributed by atoms with E-state index in [1.807, 2.05) is 6.07 Å². The van der Waals surface area contributed by atoms with Gasteiger partial charge in [0.05, 0.1) is 18.5 Å². The third-order valence-electron chi connectivity index (χ3n) is 2.85. The lowest BCUT2D eigenvalue weighted by Gasteiger charge is -2.12. The maximum atomic E-state index is 13.0. The second kappa shape index (κ2) is 6.08. The average Bonchev–Trinajstić information content (AvgIpc) is 2.80. The fraction of sp³-hybridized carbons (Fsp3) is 0.417. The van der Waals surface area contributed by atoms with Gasteiger partial charge in [-0.25, -0.2) is 9.37 Å². The minimum atomic E-state index is -0.996. The van der Waals surface area contributed by atoms with Gasteiger partial charge < -0.3 is 10.6 Å². The molecule has 2 atom stereocenters. The van der Waals surface area contributed by atoms with Gasteiger partial charge in [0, 0.05) is 18.5 Å². The Kier molecular flexibility index (Phi) is 4.45. The van der Waals surface area contributed by atoms with Crippen molar-refractivity contribution in [1.29, 1.82) is 5.26 Å². The first-order valence-electron chi connectivity index (χ1n) is 5.81. The standard InChI is InChI=1S/C12H12BrFN4O/c13-10-2-1-7(3-4-15)11(17-10)18-12(19)9-5-8(14)6-16-9/h1-2,8-9,16H,3,5-6H2,(H,17,18,19). The molecule has 1 saturated heterocycles. The monoisotopic (exact) mass is 326 g/mol. The Hall–Kier alpha value is -1.52. The Balaban J connectivity index is 2.11. The van der Waals surface area contributed by atoms with Crippen LogP contribution >= 0.6 is 15.9 Å². The number of carbonyl (C=O) groups excluding carboxylic acids is 1. The second-order valence-corrected chi connectivity index (χ2v) is 5.07. The summed E-state index contributed by atoms with van der Waals surface area (Å²) in [5, 5.41) is 14.2. The Bertz CT molecular complexity index is 531. The molecule has 1 amide bonds. The number of hydrogen-bond acceptors (Lipinski definition) is 4. The number of aromatic nitrogens is 1. The Morgan fingerprint density at radius 2 is 2.47 bits per heavy atom. The van der Waals surface area contributed by atoms with Crippen LogP contribution in [0.25, 0.3) is 0 Å². The Morgan fingerprint density at radius 3 is 3.11 bits per heavy atom. The minimum Gasteiger partial charge on any atom is -0.309 e. The number of halogens is 2. The summed E-state index contributed by atoms with van der Waals surface area (Å²) in [6, 6.07) is 4.88. The molecular formula is C12H12BrFN4O. The third kappa shape index (κ3) is 3.49. The highest BCUT2D eigenvalue weighted by molar-refractivity contribution is 9.10. The highest BCUT2D eigenvalue weighted by atomic mass is 79.9. The number of carbonyl (C=O) groups is 1. The number of hydrogen-bond donors (Lipinski definition) is 2. The van der Waals surface area contributed by atoms with Crippen molar-refractivity contribution in [2.75, 3.05) is 11.9 Å². The van der Waals surface area contributed by atoms with Crippen molar-refractivity contribution in [3.05, 3.63) is 22.3 Å². The van der Waals surface area contributed by atoms with Gasteiger partial charge >= 0.3 is 0 Å². The van der Waals surface area contributed by atoms with Crippen molar-refractivity contribution in [3.63, 3.8) is 0 Å². The van der Waals surface area contributed by atoms with Crippen LogP contribution < -0.4 is 10.6 Å². The molecule has 2 unspecified atom stereocenters. The van der Waals surface area contributed by atoms with Crippen LogP contribution in [-0.4, -0.2) is 29.6 Å². The van der Waals surface area contributed by atoms with Crippen LogP contribution in [-0.2, 0) is 11.2 Å². The van der Waals surface area contributed by atoms with Crippen LogP contribution in [0.4, 0.5) is 10.2 Å². The van der Waals surface area contributed by atoms with E-state index in [2.05, 4.69) is 31.5 Å². The maximum Gasteiger partial charge on any atom is 0.242 e. The lowest BCUT2D eigenvalue weighted by molar-refractivity contribution is -0.117. The molecule has 0 spiro atoms. The summed E-state index contributed by atoms with van der Waals surface area (Å²) in [6.45, 7) is 0.190. The van der Waals surface area contributed by atoms with Crippen molar-refractivity contribution in [2.24, 2.45) is 0 Å². The number of amides is 1. The van der Waals surface area contributed by atoms with Gasteiger partial charge in [-0.1, -0.05) is 6.07 Å². The largest absolute Gasteiger partial charge is 0.309 e. The van der Waals surface area contributed by atoms with Crippen LogP contribution in [0.15, 0.2) is 16.7 Å². The van der Waals surface area contributed by atoms with Crippen LogP contribution in [0.5, 0.6) is 0 Å². The van der Waals surface area contributed by atoms with E-state index in [1.54, 1.807) is 12.1 Å². The number of nitrogens with zero attached hydrogens (tertiary/aromatic N) is 2. The number of anilines is 1. The van der Waals surface area contributed by atoms with Crippen LogP contribution in [0.2, 0.25) is 0 Å². The normalized spacial score (nSPS) is 21.9. The van der Waals surface area contributed by atoms with Gasteiger partial charge in [-0.05, 0) is 22.0 Å². The molecule has 0 radical (unpaired) electrons. The quantitative estimate of drug-likeness (QED) is 0.826. The minimum absolute atomic E-state index is 0.153. The van der Waals surface area contributed by atoms with Crippen molar-refractivity contribution in [3.8, 4) is 6.07 Å². The molecule has 1 aliphatic heterocycles. The number of pyridine rings is 1. The first kappa shape index (κ1) is 13.9. The summed E-state index contributed by atoms with van der Waals surface area (Å²) < 4.78 is 13.6. The van der Waals surface area contributed by atoms with E-state index in [0.29, 0.717) is 16.0 Å². The van der Waals surface area contributed by atoms with Crippen LogP contribution in [0, 0.1) is 11.3 Å². The first-order chi connectivity index (χ1) is 9.10. The summed E-state index contributed by atoms with van der Waals surface area (Å²) in [5.41, 5.74) is 0.633. The molecule has 7 heteroatoms. The predicted octanol–water partition coefficient (Wildman–Crippen LogP) is 1.55. The topological polar surface area (TPSA) is 77.8 Å². The smallest absolute Gasteiger partial charge is 0.242 e. The third-order valence-corrected chi connectivity index (χ3v) is 3.29. The number of nitriles is 1. The Labute approximate surface area is 118 Å². The molecule has 100 valence electrons. The van der Waals surface area contributed by atoms with Crippen LogP contribution in [0.3, 0.4) is 0 Å². The molecular weight excluding hydrogens is 315 g/mol. The molecule has 0 aliphatic carbocycles. The lowest BCUT2D eigenvalue weighted by Crippen LogP contribution is -2.36. The number of rotatable bonds is 3. The van der Waals surface area contributed by atoms with E-state index in [9.17, 15) is 9.18 Å². The molecule has 19 heavy (non-hydrogen) atoms. The van der Waals surface area contributed by atoms with Crippen LogP contribution in [0.1, 0.15) is 12.0 Å². The molecule has 0 aromatic carbocycles. The van der Waals surface area contributed by atoms with E-state index in [4.69, 9.17) is 5.26 Å². The van der Waals surface area contributed by atoms with E-state index < -0.39 is 12.2 Å². The fourth-order valence-electron chi connectivity index (χ4n) is 1.90. The van der Waals surface area contributed by atoms with Crippen molar-refractivity contribution < 1.29 is 9.18 Å². The lowest BCUT2D eigenvalue weighted by atomic mass is 10.1. The zero-order valence-corrected chi connectivity index (χ0v) is 11.6. The molecule has 0 bridgehead atoms. The summed E-state index contributed by atoms with van der Waals surface area (Å²) in [6.07, 6.45) is -0.683. The van der Waals surface area contributed by atoms with Crippen molar-refractivity contribution in [1.82, 2.24) is 10.3 Å². The van der Waals surface area contributed by atoms with E-state index in [0.717, 1.165) is 0 Å². The summed E-state index contributed by atoms with van der Waals surface area (Å²) >= 11 is 3.21. The summed E-state index contributed by atoms with van der Waals surface area (Å²) in [4.78, 5) is 16.1. The SMILES string of the molecule is N#CCc1ccc(Br)nc1NC(=O)C1CC(F)CN1. The second-order valence-electron chi connectivity index (χ2n) is 4.26. The molecule has 2 rings (SSSR count). The fourth-order valence-corrected chi connectivity index (χ4v) is 2.21. The maximum absolute atomic E-state index is 13.0.